The van der Waals surface area contributed by atoms with E-state index < -0.39 is 13.7 Å². The summed E-state index contributed by atoms with van der Waals surface area (Å²) in [7, 11) is 8.49. The minimum absolute atomic E-state index is 0.461. The van der Waals surface area contributed by atoms with Crippen LogP contribution in [-0.2, 0) is 53.9 Å². The second-order valence-corrected chi connectivity index (χ2v) is 32.8. The van der Waals surface area contributed by atoms with Gasteiger partial charge in [0.1, 0.15) is 51.5 Å². The molecule has 0 amide bonds. The summed E-state index contributed by atoms with van der Waals surface area (Å²) in [6, 6.07) is 52.4. The van der Waals surface area contributed by atoms with Gasteiger partial charge in [0.2, 0.25) is 44.8 Å². The van der Waals surface area contributed by atoms with E-state index in [4.69, 9.17) is 18.2 Å². The molecule has 8 aromatic heterocycles. The van der Waals surface area contributed by atoms with Gasteiger partial charge in [-0.2, -0.15) is 18.3 Å². The van der Waals surface area contributed by atoms with E-state index in [0.717, 1.165) is 120 Å². The van der Waals surface area contributed by atoms with Gasteiger partial charge in [0.15, 0.2) is 0 Å². The summed E-state index contributed by atoms with van der Waals surface area (Å²) in [5.74, 6) is 4.10. The topological polar surface area (TPSA) is 86.8 Å². The third-order valence-electron chi connectivity index (χ3n) is 25.9. The van der Waals surface area contributed by atoms with Crippen LogP contribution in [0.1, 0.15) is 154 Å². The van der Waals surface area contributed by atoms with E-state index in [1.807, 2.05) is 37.7 Å². The number of benzene rings is 9. The molecule has 0 saturated heterocycles. The highest BCUT2D eigenvalue weighted by Crippen LogP contribution is 2.44. The first-order valence-electron chi connectivity index (χ1n) is 42.8. The van der Waals surface area contributed by atoms with Crippen molar-refractivity contribution < 1.29 is 26.5 Å². The zero-order valence-electron chi connectivity index (χ0n) is 75.4. The van der Waals surface area contributed by atoms with Crippen LogP contribution in [0.15, 0.2) is 170 Å². The van der Waals surface area contributed by atoms with Crippen LogP contribution in [-0.4, -0.2) is 38.2 Å². The Labute approximate surface area is 678 Å². The molecule has 21 rings (SSSR count). The number of pyridine rings is 4. The lowest BCUT2D eigenvalue weighted by molar-refractivity contribution is -0.633. The number of nitrogens with zero attached hydrogens (tertiary/aromatic N) is 12. The molecule has 0 saturated carbocycles. The minimum Gasteiger partial charge on any atom is -0.303 e. The first kappa shape index (κ1) is 66.3. The number of para-hydroxylation sites is 2. The molecule has 0 fully saturated rings. The van der Waals surface area contributed by atoms with Crippen LogP contribution in [0.5, 0.6) is 0 Å². The molecule has 12 heteroatoms. The SMILES string of the molecule is Cc1c(-c2cc(C)c3c(C)cccc3[n+]2C)cc2c(c1C)Cc1nc3ccccc3n1-2.Cc1cn2c(n1)Cc1c-2cc(-c2cc(C)c3c(C)cccc3[n+]2C)c(C)c1C.[2H]C([2H])([2H])c1c(C)c(-c2cc(C)c3c(C)cccc3[n+]2C)cc2c1Cc1nc(C)cn1-2.[2H]C([2H])([2H])c1c(C)c(-c2cc(C)c3c(C)cccc3[n+]2C)cc2c1Cc1nccn1-2. The van der Waals surface area contributed by atoms with Gasteiger partial charge in [0.05, 0.1) is 89.0 Å². The zero-order valence-corrected chi connectivity index (χ0v) is 69.4. The van der Waals surface area contributed by atoms with E-state index >= 15 is 0 Å². The van der Waals surface area contributed by atoms with Crippen molar-refractivity contribution in [1.82, 2.24) is 38.2 Å². The van der Waals surface area contributed by atoms with Gasteiger partial charge in [0.25, 0.3) is 0 Å². The first-order chi connectivity index (χ1) is 57.1. The average molecular weight is 1500 g/mol. The number of fused-ring (bicyclic) bond motifs is 18. The molecule has 17 aromatic rings. The van der Waals surface area contributed by atoms with E-state index in [9.17, 15) is 0 Å². The van der Waals surface area contributed by atoms with Crippen molar-refractivity contribution in [2.24, 2.45) is 28.2 Å². The molecule has 0 unspecified atom stereocenters. The van der Waals surface area contributed by atoms with Gasteiger partial charge < -0.3 is 13.7 Å². The van der Waals surface area contributed by atoms with Gasteiger partial charge in [-0.3, -0.25) is 4.57 Å². The molecule has 0 radical (unpaired) electrons. The summed E-state index contributed by atoms with van der Waals surface area (Å²) < 4.78 is 67.4. The number of imidazole rings is 4. The predicted molar refractivity (Wildman–Crippen MR) is 465 cm³/mol. The number of rotatable bonds is 4. The van der Waals surface area contributed by atoms with Crippen LogP contribution in [0.25, 0.3) is 122 Å². The summed E-state index contributed by atoms with van der Waals surface area (Å²) in [5, 5.41) is 5.20. The highest BCUT2D eigenvalue weighted by Gasteiger charge is 2.34. The molecule has 12 heterocycles. The third kappa shape index (κ3) is 11.3. The van der Waals surface area contributed by atoms with Gasteiger partial charge in [-0.25, -0.2) is 19.9 Å². The van der Waals surface area contributed by atoms with Gasteiger partial charge >= 0.3 is 0 Å². The Bertz CT molecular complexity index is 7320. The van der Waals surface area contributed by atoms with Crippen molar-refractivity contribution in [3.8, 4) is 67.8 Å². The summed E-state index contributed by atoms with van der Waals surface area (Å²) in [5.41, 5.74) is 45.5. The second kappa shape index (κ2) is 27.2. The molecule has 114 heavy (non-hydrogen) atoms. The summed E-state index contributed by atoms with van der Waals surface area (Å²) in [6.45, 7) is 30.0. The van der Waals surface area contributed by atoms with Crippen LogP contribution in [0.3, 0.4) is 0 Å². The Balaban J connectivity index is 0.000000110. The van der Waals surface area contributed by atoms with Crippen molar-refractivity contribution in [3.63, 3.8) is 0 Å². The molecule has 0 aliphatic carbocycles. The highest BCUT2D eigenvalue weighted by molar-refractivity contribution is 5.90. The molecular formula is C102H102N12+4. The van der Waals surface area contributed by atoms with Crippen LogP contribution in [0.4, 0.5) is 0 Å². The Morgan fingerprint density at radius 2 is 0.649 bits per heavy atom. The van der Waals surface area contributed by atoms with Crippen LogP contribution >= 0.6 is 0 Å². The molecule has 12 nitrogen and oxygen atoms in total. The lowest BCUT2D eigenvalue weighted by Gasteiger charge is -2.15. The molecule has 566 valence electrons. The Hall–Kier alpha value is -12.3. The number of hydrogen-bond acceptors (Lipinski definition) is 4. The lowest BCUT2D eigenvalue weighted by atomic mass is 9.92. The molecular weight excluding hydrogens is 1390 g/mol. The monoisotopic (exact) mass is 1500 g/mol. The lowest BCUT2D eigenvalue weighted by Crippen LogP contribution is -2.33. The van der Waals surface area contributed by atoms with Crippen molar-refractivity contribution >= 4 is 54.6 Å². The third-order valence-corrected chi connectivity index (χ3v) is 25.9. The normalized spacial score (nSPS) is 13.5. The molecule has 0 spiro atoms. The van der Waals surface area contributed by atoms with Crippen molar-refractivity contribution in [3.05, 3.63) is 316 Å². The quantitative estimate of drug-likeness (QED) is 0.164. The number of hydrogen-bond donors (Lipinski definition) is 0. The minimum atomic E-state index is -2.19. The fourth-order valence-electron chi connectivity index (χ4n) is 19.6. The largest absolute Gasteiger partial charge is 0.303 e. The van der Waals surface area contributed by atoms with Crippen molar-refractivity contribution in [2.75, 3.05) is 0 Å². The first-order valence-corrected chi connectivity index (χ1v) is 39.8. The summed E-state index contributed by atoms with van der Waals surface area (Å²) >= 11 is 0. The smallest absolute Gasteiger partial charge is 0.213 e. The van der Waals surface area contributed by atoms with E-state index in [1.165, 1.54) is 150 Å². The van der Waals surface area contributed by atoms with E-state index in [0.29, 0.717) is 24.0 Å². The molecule has 0 bridgehead atoms. The maximum absolute atomic E-state index is 8.30. The van der Waals surface area contributed by atoms with Gasteiger partial charge in [-0.15, -0.1) is 0 Å². The van der Waals surface area contributed by atoms with Gasteiger partial charge in [-0.1, -0.05) is 60.7 Å². The fraction of sp³-hybridized carbons (Fsp3) is 0.255. The Kier molecular flexibility index (Phi) is 15.9. The standard InChI is InChI=1S/C28H26N3.2C25H26N3.C24H24N3/c1-16-9-8-12-24-28(16)17(2)13-25(30(24)5)20-14-26-21(19(4)18(20)3)15-27-29-22-10-6-7-11-23(22)31(26)27;2*1-14-8-7-9-21-25(14)15(2)10-22(27(21)6)19-11-23-20(18(5)17(19)4)12-24-26-16(3)13-28(23)24;1-14-7-6-8-20-24(14)15(2)11-21(26(20)5)18-12-22-19(17(4)16(18)3)13-23-25-9-10-27(22)23/h6-14H,15H2,1-5H3;2*7-11,13H,12H2,1-6H3;6-12H,13H2,1-5H3/q4*+1/i;5D3;;4D3. The van der Waals surface area contributed by atoms with Crippen molar-refractivity contribution in [2.45, 2.75) is 150 Å². The fourth-order valence-corrected chi connectivity index (χ4v) is 19.6. The van der Waals surface area contributed by atoms with Crippen LogP contribution < -0.4 is 18.3 Å². The Morgan fingerprint density at radius 3 is 1.04 bits per heavy atom. The summed E-state index contributed by atoms with van der Waals surface area (Å²) in [4.78, 5) is 18.7. The zero-order chi connectivity index (χ0) is 84.8. The molecule has 4 aliphatic heterocycles. The highest BCUT2D eigenvalue weighted by atomic mass is 15.1. The van der Waals surface area contributed by atoms with E-state index in [2.05, 4.69) is 312 Å². The second-order valence-electron chi connectivity index (χ2n) is 32.8. The number of aryl methyl sites for hydroxylation is 14. The average Bonchev–Trinajstić information content (AvgIpc) is 1.53. The van der Waals surface area contributed by atoms with Crippen LogP contribution in [0, 0.1) is 124 Å². The Morgan fingerprint density at radius 1 is 0.316 bits per heavy atom. The predicted octanol–water partition coefficient (Wildman–Crippen LogP) is 20.4. The molecule has 9 aromatic carbocycles. The molecule has 0 N–H and O–H groups in total. The van der Waals surface area contributed by atoms with E-state index in [-0.39, 0.29) is 0 Å². The van der Waals surface area contributed by atoms with E-state index in [1.54, 1.807) is 6.20 Å². The number of aromatic nitrogens is 12. The maximum Gasteiger partial charge on any atom is 0.213 e. The van der Waals surface area contributed by atoms with Crippen LogP contribution in [0.2, 0.25) is 0 Å². The maximum atomic E-state index is 8.30. The van der Waals surface area contributed by atoms with Gasteiger partial charge in [0, 0.05) is 107 Å². The summed E-state index contributed by atoms with van der Waals surface area (Å²) in [6.07, 6.45) is 10.8. The van der Waals surface area contributed by atoms with Gasteiger partial charge in [-0.05, 0) is 272 Å². The molecule has 4 aliphatic rings. The van der Waals surface area contributed by atoms with Crippen molar-refractivity contribution in [1.29, 1.82) is 0 Å². The molecule has 0 atom stereocenters.